The molecule has 2 heterocycles. The van der Waals surface area contributed by atoms with Crippen LogP contribution in [0.4, 0.5) is 13.2 Å². The lowest BCUT2D eigenvalue weighted by Gasteiger charge is -2.12. The summed E-state index contributed by atoms with van der Waals surface area (Å²) in [6.45, 7) is -0.0393. The first kappa shape index (κ1) is 17.7. The third-order valence-electron chi connectivity index (χ3n) is 3.77. The molecule has 2 aromatic rings. The van der Waals surface area contributed by atoms with E-state index in [1.165, 1.54) is 6.07 Å². The summed E-state index contributed by atoms with van der Waals surface area (Å²) in [6, 6.07) is 9.35. The summed E-state index contributed by atoms with van der Waals surface area (Å²) in [4.78, 5) is 5.48. The van der Waals surface area contributed by atoms with Crippen LogP contribution in [0.25, 0.3) is 0 Å². The molecule has 1 fully saturated rings. The molecule has 1 aromatic carbocycles. The molecule has 1 saturated heterocycles. The van der Waals surface area contributed by atoms with Gasteiger partial charge in [0.15, 0.2) is 0 Å². The number of nitrogens with zero attached hydrogens (tertiary/aromatic N) is 2. The number of benzene rings is 1. The van der Waals surface area contributed by atoms with Crippen molar-refractivity contribution in [1.82, 2.24) is 9.88 Å². The van der Waals surface area contributed by atoms with Gasteiger partial charge in [-0.05, 0) is 43.4 Å². The van der Waals surface area contributed by atoms with E-state index >= 15 is 0 Å². The van der Waals surface area contributed by atoms with E-state index < -0.39 is 11.9 Å². The lowest BCUT2D eigenvalue weighted by atomic mass is 10.1. The summed E-state index contributed by atoms with van der Waals surface area (Å²) in [6.07, 6.45) is -4.65. The summed E-state index contributed by atoms with van der Waals surface area (Å²) >= 11 is 0. The number of rotatable bonds is 5. The Kier molecular flexibility index (Phi) is 4.68. The van der Waals surface area contributed by atoms with Crippen molar-refractivity contribution in [3.05, 3.63) is 53.2 Å². The summed E-state index contributed by atoms with van der Waals surface area (Å²) in [7, 11) is 3.82. The molecule has 5 nitrogen and oxygen atoms in total. The fourth-order valence-electron chi connectivity index (χ4n) is 2.49. The number of alkyl halides is 3. The highest BCUT2D eigenvalue weighted by atomic mass is 19.4. The second-order valence-corrected chi connectivity index (χ2v) is 5.99. The maximum Gasteiger partial charge on any atom is 0.433 e. The highest BCUT2D eigenvalue weighted by Gasteiger charge is 2.42. The molecule has 1 aliphatic rings. The van der Waals surface area contributed by atoms with Crippen molar-refractivity contribution in [3.63, 3.8) is 0 Å². The van der Waals surface area contributed by atoms with E-state index in [-0.39, 0.29) is 24.8 Å². The molecular formula is C17H18F3N3O2. The van der Waals surface area contributed by atoms with E-state index in [0.29, 0.717) is 11.3 Å². The predicted octanol–water partition coefficient (Wildman–Crippen LogP) is 3.31. The molecule has 3 rings (SSSR count). The number of aromatic nitrogens is 1. The van der Waals surface area contributed by atoms with Crippen molar-refractivity contribution in [2.45, 2.75) is 25.1 Å². The van der Waals surface area contributed by atoms with Gasteiger partial charge in [-0.2, -0.15) is 13.2 Å². The molecule has 0 saturated carbocycles. The number of pyridine rings is 1. The number of halogens is 3. The van der Waals surface area contributed by atoms with Gasteiger partial charge in [-0.3, -0.25) is 4.90 Å². The minimum Gasteiger partial charge on any atom is -0.439 e. The molecule has 2 atom stereocenters. The van der Waals surface area contributed by atoms with E-state index in [1.54, 1.807) is 18.2 Å². The molecule has 1 aliphatic heterocycles. The maximum absolute atomic E-state index is 12.9. The monoisotopic (exact) mass is 353 g/mol. The quantitative estimate of drug-likeness (QED) is 0.836. The minimum absolute atomic E-state index is 0.00854. The van der Waals surface area contributed by atoms with E-state index in [4.69, 9.17) is 15.2 Å². The van der Waals surface area contributed by atoms with Gasteiger partial charge in [-0.25, -0.2) is 4.98 Å². The zero-order chi connectivity index (χ0) is 18.2. The van der Waals surface area contributed by atoms with Gasteiger partial charge in [-0.1, -0.05) is 12.1 Å². The number of hydrogen-bond donors (Lipinski definition) is 1. The Bertz CT molecular complexity index is 765. The Morgan fingerprint density at radius 3 is 2.60 bits per heavy atom. The predicted molar refractivity (Wildman–Crippen MR) is 84.9 cm³/mol. The number of likely N-dealkylation sites (N-methyl/N-ethyl adjacent to an activating group) is 1. The van der Waals surface area contributed by atoms with Crippen molar-refractivity contribution < 1.29 is 22.6 Å². The molecule has 0 bridgehead atoms. The van der Waals surface area contributed by atoms with Crippen molar-refractivity contribution in [2.24, 2.45) is 5.73 Å². The summed E-state index contributed by atoms with van der Waals surface area (Å²) in [5.41, 5.74) is 5.63. The molecule has 25 heavy (non-hydrogen) atoms. The van der Waals surface area contributed by atoms with E-state index in [1.807, 2.05) is 25.1 Å². The third kappa shape index (κ3) is 4.09. The van der Waals surface area contributed by atoms with Gasteiger partial charge >= 0.3 is 6.18 Å². The third-order valence-corrected chi connectivity index (χ3v) is 3.77. The van der Waals surface area contributed by atoms with E-state index in [0.717, 1.165) is 11.6 Å². The SMILES string of the molecule is CN(C)C1OC1c1cccc(Oc2cc(CN)cc(C(F)(F)F)n2)c1. The summed E-state index contributed by atoms with van der Waals surface area (Å²) in [5.74, 6) is 0.244. The number of hydrogen-bond acceptors (Lipinski definition) is 5. The number of epoxide rings is 1. The Morgan fingerprint density at radius 1 is 1.24 bits per heavy atom. The van der Waals surface area contributed by atoms with Crippen LogP contribution in [0.1, 0.15) is 22.9 Å². The Hall–Kier alpha value is -2.16. The van der Waals surface area contributed by atoms with Crippen molar-refractivity contribution >= 4 is 0 Å². The molecule has 134 valence electrons. The van der Waals surface area contributed by atoms with Gasteiger partial charge in [0.05, 0.1) is 0 Å². The van der Waals surface area contributed by atoms with Crippen molar-refractivity contribution in [2.75, 3.05) is 14.1 Å². The van der Waals surface area contributed by atoms with Crippen LogP contribution in [-0.2, 0) is 17.5 Å². The van der Waals surface area contributed by atoms with Crippen LogP contribution < -0.4 is 10.5 Å². The van der Waals surface area contributed by atoms with E-state index in [2.05, 4.69) is 4.98 Å². The molecule has 0 spiro atoms. The largest absolute Gasteiger partial charge is 0.439 e. The second kappa shape index (κ2) is 6.62. The molecule has 0 aliphatic carbocycles. The Morgan fingerprint density at radius 2 is 2.00 bits per heavy atom. The molecule has 2 unspecified atom stereocenters. The average Bonchev–Trinajstić information content (AvgIpc) is 3.35. The standard InChI is InChI=1S/C17H18F3N3O2/c1-23(2)16-15(25-16)11-4-3-5-12(8-11)24-14-7-10(9-21)6-13(22-14)17(18,19)20/h3-8,15-16H,9,21H2,1-2H3. The van der Waals surface area contributed by atoms with Gasteiger partial charge in [0, 0.05) is 12.6 Å². The van der Waals surface area contributed by atoms with Gasteiger partial charge in [0.1, 0.15) is 23.8 Å². The molecule has 0 radical (unpaired) electrons. The van der Waals surface area contributed by atoms with Gasteiger partial charge in [0.25, 0.3) is 0 Å². The molecular weight excluding hydrogens is 335 g/mol. The van der Waals surface area contributed by atoms with Crippen molar-refractivity contribution in [1.29, 1.82) is 0 Å². The van der Waals surface area contributed by atoms with Crippen molar-refractivity contribution in [3.8, 4) is 11.6 Å². The minimum atomic E-state index is -4.56. The van der Waals surface area contributed by atoms with Crippen LogP contribution in [0, 0.1) is 0 Å². The van der Waals surface area contributed by atoms with Crippen LogP contribution in [0.3, 0.4) is 0 Å². The van der Waals surface area contributed by atoms with Crippen LogP contribution in [0.5, 0.6) is 11.6 Å². The van der Waals surface area contributed by atoms with Crippen LogP contribution in [0.2, 0.25) is 0 Å². The smallest absolute Gasteiger partial charge is 0.433 e. The lowest BCUT2D eigenvalue weighted by Crippen LogP contribution is -2.15. The number of nitrogens with two attached hydrogens (primary N) is 1. The first-order valence-corrected chi connectivity index (χ1v) is 7.66. The number of ether oxygens (including phenoxy) is 2. The van der Waals surface area contributed by atoms with Crippen LogP contribution >= 0.6 is 0 Å². The lowest BCUT2D eigenvalue weighted by molar-refractivity contribution is -0.141. The first-order valence-electron chi connectivity index (χ1n) is 7.66. The maximum atomic E-state index is 12.9. The van der Waals surface area contributed by atoms with Crippen LogP contribution in [-0.4, -0.2) is 30.2 Å². The molecule has 8 heteroatoms. The molecule has 1 aromatic heterocycles. The first-order chi connectivity index (χ1) is 11.8. The van der Waals surface area contributed by atoms with Gasteiger partial charge in [-0.15, -0.1) is 0 Å². The van der Waals surface area contributed by atoms with E-state index in [9.17, 15) is 13.2 Å². The summed E-state index contributed by atoms with van der Waals surface area (Å²) < 4.78 is 49.9. The van der Waals surface area contributed by atoms with Gasteiger partial charge < -0.3 is 15.2 Å². The average molecular weight is 353 g/mol. The highest BCUT2D eigenvalue weighted by Crippen LogP contribution is 2.41. The zero-order valence-electron chi connectivity index (χ0n) is 13.7. The zero-order valence-corrected chi connectivity index (χ0v) is 13.7. The topological polar surface area (TPSA) is 63.9 Å². The van der Waals surface area contributed by atoms with Gasteiger partial charge in [0.2, 0.25) is 5.88 Å². The Balaban J connectivity index is 1.83. The molecule has 2 N–H and O–H groups in total. The normalized spacial score (nSPS) is 20.0. The highest BCUT2D eigenvalue weighted by molar-refractivity contribution is 5.36. The Labute approximate surface area is 143 Å². The van der Waals surface area contributed by atoms with Crippen LogP contribution in [0.15, 0.2) is 36.4 Å². The molecule has 0 amide bonds. The summed E-state index contributed by atoms with van der Waals surface area (Å²) in [5, 5.41) is 0. The second-order valence-electron chi connectivity index (χ2n) is 5.99. The fraction of sp³-hybridized carbons (Fsp3) is 0.353. The fourth-order valence-corrected chi connectivity index (χ4v) is 2.49.